The van der Waals surface area contributed by atoms with Gasteiger partial charge in [0.25, 0.3) is 0 Å². The van der Waals surface area contributed by atoms with Crippen molar-refractivity contribution in [3.05, 3.63) is 0 Å². The fourth-order valence-electron chi connectivity index (χ4n) is 1.35. The zero-order chi connectivity index (χ0) is 10.4. The number of hydrogen-bond donors (Lipinski definition) is 0. The molecule has 1 aliphatic rings. The van der Waals surface area contributed by atoms with E-state index in [4.69, 9.17) is 4.74 Å². The Morgan fingerprint density at radius 3 is 2.64 bits per heavy atom. The molecule has 0 aromatic carbocycles. The van der Waals surface area contributed by atoms with Gasteiger partial charge in [-0.15, -0.1) is 0 Å². The van der Waals surface area contributed by atoms with Gasteiger partial charge in [0.2, 0.25) is 5.91 Å². The highest BCUT2D eigenvalue weighted by atomic mass is 32.2. The number of amides is 1. The van der Waals surface area contributed by atoms with Crippen molar-refractivity contribution in [3.8, 4) is 0 Å². The van der Waals surface area contributed by atoms with E-state index in [9.17, 15) is 4.79 Å². The lowest BCUT2D eigenvalue weighted by Crippen LogP contribution is -2.40. The van der Waals surface area contributed by atoms with Crippen LogP contribution in [0.4, 0.5) is 0 Å². The molecule has 0 spiro atoms. The molecule has 1 saturated heterocycles. The van der Waals surface area contributed by atoms with Crippen LogP contribution in [0, 0.1) is 0 Å². The Balaban J connectivity index is 2.13. The highest BCUT2D eigenvalue weighted by molar-refractivity contribution is 7.99. The summed E-state index contributed by atoms with van der Waals surface area (Å²) in [4.78, 5) is 13.5. The largest absolute Gasteiger partial charge is 0.378 e. The van der Waals surface area contributed by atoms with Crippen molar-refractivity contribution >= 4 is 17.7 Å². The van der Waals surface area contributed by atoms with Crippen LogP contribution in [0.25, 0.3) is 0 Å². The van der Waals surface area contributed by atoms with Crippen molar-refractivity contribution in [2.45, 2.75) is 25.5 Å². The number of carbonyl (C=O) groups is 1. The van der Waals surface area contributed by atoms with Gasteiger partial charge < -0.3 is 9.64 Å². The van der Waals surface area contributed by atoms with E-state index in [2.05, 4.69) is 13.8 Å². The number of thioether (sulfide) groups is 1. The predicted molar refractivity (Wildman–Crippen MR) is 59.6 cm³/mol. The molecule has 1 amide bonds. The lowest BCUT2D eigenvalue weighted by molar-refractivity contribution is -0.134. The minimum absolute atomic E-state index is 0.279. The summed E-state index contributed by atoms with van der Waals surface area (Å²) in [6, 6.07) is 0. The van der Waals surface area contributed by atoms with E-state index in [0.29, 0.717) is 24.9 Å². The van der Waals surface area contributed by atoms with Gasteiger partial charge in [-0.05, 0) is 5.25 Å². The summed E-state index contributed by atoms with van der Waals surface area (Å²) in [5.74, 6) is 1.22. The van der Waals surface area contributed by atoms with E-state index in [0.717, 1.165) is 18.8 Å². The molecule has 0 atom stereocenters. The van der Waals surface area contributed by atoms with E-state index in [1.807, 2.05) is 16.7 Å². The van der Waals surface area contributed by atoms with Crippen LogP contribution in [0.2, 0.25) is 0 Å². The highest BCUT2D eigenvalue weighted by Gasteiger charge is 2.15. The Hall–Kier alpha value is -0.220. The molecule has 0 aromatic rings. The normalized spacial score (nSPS) is 17.5. The average molecular weight is 217 g/mol. The molecule has 0 saturated carbocycles. The van der Waals surface area contributed by atoms with Crippen LogP contribution < -0.4 is 0 Å². The Kier molecular flexibility index (Phi) is 5.33. The SMILES string of the molecule is CC(C)SCCC(=O)N1CCOCC1. The molecular weight excluding hydrogens is 198 g/mol. The molecule has 0 radical (unpaired) electrons. The summed E-state index contributed by atoms with van der Waals surface area (Å²) in [5.41, 5.74) is 0. The fourth-order valence-corrected chi connectivity index (χ4v) is 2.12. The standard InChI is InChI=1S/C10H19NO2S/c1-9(2)14-8-3-10(12)11-4-6-13-7-5-11/h9H,3-8H2,1-2H3. The van der Waals surface area contributed by atoms with Gasteiger partial charge in [-0.25, -0.2) is 0 Å². The molecular formula is C10H19NO2S. The molecule has 0 unspecified atom stereocenters. The number of carbonyl (C=O) groups excluding carboxylic acids is 1. The monoisotopic (exact) mass is 217 g/mol. The van der Waals surface area contributed by atoms with Crippen molar-refractivity contribution < 1.29 is 9.53 Å². The van der Waals surface area contributed by atoms with Crippen molar-refractivity contribution in [1.82, 2.24) is 4.90 Å². The molecule has 0 aliphatic carbocycles. The Morgan fingerprint density at radius 2 is 2.07 bits per heavy atom. The first-order chi connectivity index (χ1) is 6.70. The van der Waals surface area contributed by atoms with Crippen molar-refractivity contribution in [1.29, 1.82) is 0 Å². The maximum atomic E-state index is 11.6. The Bertz CT molecular complexity index is 179. The molecule has 1 rings (SSSR count). The zero-order valence-corrected chi connectivity index (χ0v) is 9.81. The summed E-state index contributed by atoms with van der Waals surface area (Å²) in [6.07, 6.45) is 0.669. The maximum absolute atomic E-state index is 11.6. The quantitative estimate of drug-likeness (QED) is 0.712. The van der Waals surface area contributed by atoms with Gasteiger partial charge in [-0.2, -0.15) is 11.8 Å². The van der Waals surface area contributed by atoms with Crippen molar-refractivity contribution in [2.75, 3.05) is 32.1 Å². The second-order valence-corrected chi connectivity index (χ2v) is 5.35. The first kappa shape index (κ1) is 11.9. The lowest BCUT2D eigenvalue weighted by Gasteiger charge is -2.26. The number of nitrogens with zero attached hydrogens (tertiary/aromatic N) is 1. The topological polar surface area (TPSA) is 29.5 Å². The van der Waals surface area contributed by atoms with Gasteiger partial charge in [0.05, 0.1) is 13.2 Å². The molecule has 1 heterocycles. The first-order valence-electron chi connectivity index (χ1n) is 5.17. The summed E-state index contributed by atoms with van der Waals surface area (Å²) >= 11 is 1.84. The number of rotatable bonds is 4. The molecule has 0 N–H and O–H groups in total. The maximum Gasteiger partial charge on any atom is 0.223 e. The second kappa shape index (κ2) is 6.30. The minimum Gasteiger partial charge on any atom is -0.378 e. The van der Waals surface area contributed by atoms with Crippen LogP contribution in [0.3, 0.4) is 0 Å². The summed E-state index contributed by atoms with van der Waals surface area (Å²) in [6.45, 7) is 7.25. The van der Waals surface area contributed by atoms with Crippen LogP contribution in [0.15, 0.2) is 0 Å². The Morgan fingerprint density at radius 1 is 1.43 bits per heavy atom. The van der Waals surface area contributed by atoms with Gasteiger partial charge in [-0.1, -0.05) is 13.8 Å². The Labute approximate surface area is 90.2 Å². The molecule has 1 aliphatic heterocycles. The first-order valence-corrected chi connectivity index (χ1v) is 6.22. The van der Waals surface area contributed by atoms with Crippen LogP contribution in [-0.4, -0.2) is 48.1 Å². The average Bonchev–Trinajstić information content (AvgIpc) is 2.18. The van der Waals surface area contributed by atoms with Crippen LogP contribution in [0.5, 0.6) is 0 Å². The molecule has 1 fully saturated rings. The molecule has 14 heavy (non-hydrogen) atoms. The fraction of sp³-hybridized carbons (Fsp3) is 0.900. The third kappa shape index (κ3) is 4.33. The number of hydrogen-bond acceptors (Lipinski definition) is 3. The van der Waals surface area contributed by atoms with Crippen LogP contribution in [-0.2, 0) is 9.53 Å². The third-order valence-corrected chi connectivity index (χ3v) is 3.24. The van der Waals surface area contributed by atoms with E-state index < -0.39 is 0 Å². The second-order valence-electron chi connectivity index (χ2n) is 3.66. The molecule has 0 bridgehead atoms. The van der Waals surface area contributed by atoms with Gasteiger partial charge in [0.15, 0.2) is 0 Å². The van der Waals surface area contributed by atoms with Crippen LogP contribution in [0.1, 0.15) is 20.3 Å². The zero-order valence-electron chi connectivity index (χ0n) is 8.99. The van der Waals surface area contributed by atoms with Crippen LogP contribution >= 0.6 is 11.8 Å². The summed E-state index contributed by atoms with van der Waals surface area (Å²) in [5, 5.41) is 0.618. The number of ether oxygens (including phenoxy) is 1. The molecule has 3 nitrogen and oxygen atoms in total. The van der Waals surface area contributed by atoms with Gasteiger partial charge in [0, 0.05) is 25.3 Å². The predicted octanol–water partition coefficient (Wildman–Crippen LogP) is 1.38. The van der Waals surface area contributed by atoms with Gasteiger partial charge in [-0.3, -0.25) is 4.79 Å². The third-order valence-electron chi connectivity index (χ3n) is 2.13. The lowest BCUT2D eigenvalue weighted by atomic mass is 10.3. The van der Waals surface area contributed by atoms with Crippen molar-refractivity contribution in [3.63, 3.8) is 0 Å². The summed E-state index contributed by atoms with van der Waals surface area (Å²) < 4.78 is 5.19. The summed E-state index contributed by atoms with van der Waals surface area (Å²) in [7, 11) is 0. The minimum atomic E-state index is 0.279. The van der Waals surface area contributed by atoms with E-state index >= 15 is 0 Å². The van der Waals surface area contributed by atoms with Gasteiger partial charge >= 0.3 is 0 Å². The van der Waals surface area contributed by atoms with E-state index in [1.54, 1.807) is 0 Å². The highest BCUT2D eigenvalue weighted by Crippen LogP contribution is 2.11. The van der Waals surface area contributed by atoms with Crippen molar-refractivity contribution in [2.24, 2.45) is 0 Å². The molecule has 82 valence electrons. The number of morpholine rings is 1. The smallest absolute Gasteiger partial charge is 0.223 e. The molecule has 4 heteroatoms. The molecule has 0 aromatic heterocycles. The van der Waals surface area contributed by atoms with E-state index in [-0.39, 0.29) is 5.91 Å². The van der Waals surface area contributed by atoms with E-state index in [1.165, 1.54) is 0 Å². The van der Waals surface area contributed by atoms with Gasteiger partial charge in [0.1, 0.15) is 0 Å².